The Hall–Kier alpha value is -1.04. The first-order valence-electron chi connectivity index (χ1n) is 6.25. The molecular weight excluding hydrogens is 243 g/mol. The number of imidazole rings is 1. The van der Waals surface area contributed by atoms with Crippen molar-refractivity contribution in [1.82, 2.24) is 15.3 Å². The third-order valence-electron chi connectivity index (χ3n) is 3.53. The van der Waals surface area contributed by atoms with E-state index in [2.05, 4.69) is 15.3 Å². The lowest BCUT2D eigenvalue weighted by atomic mass is 9.85. The molecule has 0 aliphatic heterocycles. The first-order valence-corrected chi connectivity index (χ1v) is 6.25. The number of alkyl halides is 3. The monoisotopic (exact) mass is 261 g/mol. The van der Waals surface area contributed by atoms with Gasteiger partial charge in [-0.25, -0.2) is 4.98 Å². The molecule has 1 aromatic rings. The fourth-order valence-corrected chi connectivity index (χ4v) is 2.44. The Kier molecular flexibility index (Phi) is 3.94. The molecular formula is C12H18F3N3. The summed E-state index contributed by atoms with van der Waals surface area (Å²) in [5, 5.41) is 3.28. The van der Waals surface area contributed by atoms with Gasteiger partial charge >= 0.3 is 6.18 Å². The van der Waals surface area contributed by atoms with Gasteiger partial charge in [0.2, 0.25) is 0 Å². The smallest absolute Gasteiger partial charge is 0.345 e. The van der Waals surface area contributed by atoms with Crippen molar-refractivity contribution in [2.24, 2.45) is 5.92 Å². The molecule has 6 heteroatoms. The SMILES string of the molecule is Cc1ncc(CNC2CCC(C(F)(F)F)CC2)[nH]1. The van der Waals surface area contributed by atoms with E-state index >= 15 is 0 Å². The third-order valence-corrected chi connectivity index (χ3v) is 3.53. The van der Waals surface area contributed by atoms with E-state index in [9.17, 15) is 13.2 Å². The highest BCUT2D eigenvalue weighted by Crippen LogP contribution is 2.37. The van der Waals surface area contributed by atoms with Crippen LogP contribution in [0.25, 0.3) is 0 Å². The van der Waals surface area contributed by atoms with Gasteiger partial charge in [0.25, 0.3) is 0 Å². The second-order valence-corrected chi connectivity index (χ2v) is 4.96. The number of aromatic amines is 1. The summed E-state index contributed by atoms with van der Waals surface area (Å²) in [6.07, 6.45) is -0.601. The molecule has 0 radical (unpaired) electrons. The van der Waals surface area contributed by atoms with Gasteiger partial charge in [-0.05, 0) is 32.6 Å². The molecule has 18 heavy (non-hydrogen) atoms. The zero-order chi connectivity index (χ0) is 13.2. The number of aromatic nitrogens is 2. The second-order valence-electron chi connectivity index (χ2n) is 4.96. The van der Waals surface area contributed by atoms with Crippen LogP contribution in [-0.2, 0) is 6.54 Å². The Morgan fingerprint density at radius 1 is 1.33 bits per heavy atom. The van der Waals surface area contributed by atoms with E-state index in [1.807, 2.05) is 6.92 Å². The van der Waals surface area contributed by atoms with Crippen LogP contribution in [-0.4, -0.2) is 22.2 Å². The van der Waals surface area contributed by atoms with Gasteiger partial charge in [-0.1, -0.05) is 0 Å². The topological polar surface area (TPSA) is 40.7 Å². The molecule has 0 aromatic carbocycles. The highest BCUT2D eigenvalue weighted by molar-refractivity contribution is 4.99. The van der Waals surface area contributed by atoms with Crippen LogP contribution in [0.3, 0.4) is 0 Å². The Morgan fingerprint density at radius 3 is 2.50 bits per heavy atom. The van der Waals surface area contributed by atoms with Crippen molar-refractivity contribution >= 4 is 0 Å². The highest BCUT2D eigenvalue weighted by Gasteiger charge is 2.41. The van der Waals surface area contributed by atoms with Crippen LogP contribution in [0.4, 0.5) is 13.2 Å². The fraction of sp³-hybridized carbons (Fsp3) is 0.750. The van der Waals surface area contributed by atoms with Gasteiger partial charge in [-0.15, -0.1) is 0 Å². The first-order chi connectivity index (χ1) is 8.45. The lowest BCUT2D eigenvalue weighted by molar-refractivity contribution is -0.182. The lowest BCUT2D eigenvalue weighted by Gasteiger charge is -2.30. The first kappa shape index (κ1) is 13.4. The summed E-state index contributed by atoms with van der Waals surface area (Å²) in [7, 11) is 0. The molecule has 3 nitrogen and oxygen atoms in total. The molecule has 0 amide bonds. The summed E-state index contributed by atoms with van der Waals surface area (Å²) < 4.78 is 37.5. The number of aryl methyl sites for hydroxylation is 1. The van der Waals surface area contributed by atoms with Gasteiger partial charge in [0.05, 0.1) is 5.92 Å². The summed E-state index contributed by atoms with van der Waals surface area (Å²) in [5.41, 5.74) is 0.977. The van der Waals surface area contributed by atoms with Crippen LogP contribution in [0.2, 0.25) is 0 Å². The molecule has 0 unspecified atom stereocenters. The number of hydrogen-bond acceptors (Lipinski definition) is 2. The summed E-state index contributed by atoms with van der Waals surface area (Å²) in [4.78, 5) is 7.18. The van der Waals surface area contributed by atoms with Crippen molar-refractivity contribution in [2.45, 2.75) is 51.4 Å². The van der Waals surface area contributed by atoms with E-state index in [-0.39, 0.29) is 18.9 Å². The lowest BCUT2D eigenvalue weighted by Crippen LogP contribution is -2.36. The quantitative estimate of drug-likeness (QED) is 0.878. The molecule has 0 spiro atoms. The number of halogens is 3. The Morgan fingerprint density at radius 2 is 2.00 bits per heavy atom. The zero-order valence-corrected chi connectivity index (χ0v) is 10.3. The van der Waals surface area contributed by atoms with Crippen LogP contribution in [0.1, 0.15) is 37.2 Å². The molecule has 0 saturated heterocycles. The number of hydrogen-bond donors (Lipinski definition) is 2. The predicted molar refractivity (Wildman–Crippen MR) is 62.0 cm³/mol. The third kappa shape index (κ3) is 3.48. The van der Waals surface area contributed by atoms with Crippen LogP contribution >= 0.6 is 0 Å². The van der Waals surface area contributed by atoms with Gasteiger partial charge in [0.1, 0.15) is 5.82 Å². The summed E-state index contributed by atoms with van der Waals surface area (Å²) in [6.45, 7) is 2.51. The number of nitrogens with one attached hydrogen (secondary N) is 2. The van der Waals surface area contributed by atoms with E-state index in [4.69, 9.17) is 0 Å². The molecule has 0 atom stereocenters. The van der Waals surface area contributed by atoms with Crippen molar-refractivity contribution < 1.29 is 13.2 Å². The molecule has 2 N–H and O–H groups in total. The van der Waals surface area contributed by atoms with Gasteiger partial charge < -0.3 is 10.3 Å². The summed E-state index contributed by atoms with van der Waals surface area (Å²) >= 11 is 0. The molecule has 102 valence electrons. The largest absolute Gasteiger partial charge is 0.391 e. The van der Waals surface area contributed by atoms with Gasteiger partial charge in [0, 0.05) is 24.5 Å². The van der Waals surface area contributed by atoms with Crippen LogP contribution in [0.5, 0.6) is 0 Å². The average Bonchev–Trinajstić information content (AvgIpc) is 2.72. The molecule has 1 saturated carbocycles. The Balaban J connectivity index is 1.74. The maximum Gasteiger partial charge on any atom is 0.391 e. The van der Waals surface area contributed by atoms with Gasteiger partial charge in [0.15, 0.2) is 0 Å². The minimum Gasteiger partial charge on any atom is -0.345 e. The maximum absolute atomic E-state index is 12.5. The molecule has 1 fully saturated rings. The number of nitrogens with zero attached hydrogens (tertiary/aromatic N) is 1. The minimum atomic E-state index is -4.02. The minimum absolute atomic E-state index is 0.187. The van der Waals surface area contributed by atoms with Crippen LogP contribution in [0, 0.1) is 12.8 Å². The summed E-state index contributed by atoms with van der Waals surface area (Å²) in [5.74, 6) is -0.252. The fourth-order valence-electron chi connectivity index (χ4n) is 2.44. The van der Waals surface area contributed by atoms with Crippen LogP contribution < -0.4 is 5.32 Å². The normalized spacial score (nSPS) is 25.3. The Labute approximate surface area is 104 Å². The van der Waals surface area contributed by atoms with E-state index in [1.165, 1.54) is 0 Å². The van der Waals surface area contributed by atoms with Crippen molar-refractivity contribution in [3.05, 3.63) is 17.7 Å². The number of H-pyrrole nitrogens is 1. The average molecular weight is 261 g/mol. The zero-order valence-electron chi connectivity index (χ0n) is 10.3. The van der Waals surface area contributed by atoms with Crippen molar-refractivity contribution in [1.29, 1.82) is 0 Å². The molecule has 1 aromatic heterocycles. The molecule has 1 heterocycles. The summed E-state index contributed by atoms with van der Waals surface area (Å²) in [6, 6.07) is 0.187. The molecule has 1 aliphatic rings. The maximum atomic E-state index is 12.5. The van der Waals surface area contributed by atoms with E-state index in [0.29, 0.717) is 19.4 Å². The van der Waals surface area contributed by atoms with Gasteiger partial charge in [-0.2, -0.15) is 13.2 Å². The van der Waals surface area contributed by atoms with Crippen molar-refractivity contribution in [3.63, 3.8) is 0 Å². The van der Waals surface area contributed by atoms with Crippen LogP contribution in [0.15, 0.2) is 6.20 Å². The van der Waals surface area contributed by atoms with Gasteiger partial charge in [-0.3, -0.25) is 0 Å². The second kappa shape index (κ2) is 5.30. The predicted octanol–water partition coefficient (Wildman–Crippen LogP) is 2.93. The number of rotatable bonds is 3. The van der Waals surface area contributed by atoms with Crippen molar-refractivity contribution in [2.75, 3.05) is 0 Å². The van der Waals surface area contributed by atoms with E-state index in [0.717, 1.165) is 11.5 Å². The Bertz CT molecular complexity index is 378. The highest BCUT2D eigenvalue weighted by atomic mass is 19.4. The molecule has 1 aliphatic carbocycles. The van der Waals surface area contributed by atoms with E-state index < -0.39 is 12.1 Å². The van der Waals surface area contributed by atoms with E-state index in [1.54, 1.807) is 6.20 Å². The van der Waals surface area contributed by atoms with Crippen molar-refractivity contribution in [3.8, 4) is 0 Å². The molecule has 0 bridgehead atoms. The standard InChI is InChI=1S/C12H18F3N3/c1-8-16-6-11(18-8)7-17-10-4-2-9(3-5-10)12(13,14)15/h6,9-10,17H,2-5,7H2,1H3,(H,16,18). The molecule has 2 rings (SSSR count).